The number of hydrogen-bond donors (Lipinski definition) is 1. The van der Waals surface area contributed by atoms with Crippen molar-refractivity contribution in [1.29, 1.82) is 0 Å². The zero-order valence-electron chi connectivity index (χ0n) is 16.5. The van der Waals surface area contributed by atoms with Gasteiger partial charge in [-0.15, -0.1) is 0 Å². The lowest BCUT2D eigenvalue weighted by Crippen LogP contribution is -2.36. The first-order valence-electron chi connectivity index (χ1n) is 9.13. The molecule has 9 heteroatoms. The molecule has 0 fully saturated rings. The molecule has 0 atom stereocenters. The minimum atomic E-state index is -1.52. The summed E-state index contributed by atoms with van der Waals surface area (Å²) in [5.74, 6) is -0.794. The van der Waals surface area contributed by atoms with Crippen molar-refractivity contribution in [1.82, 2.24) is 15.1 Å². The first kappa shape index (κ1) is 20.8. The summed E-state index contributed by atoms with van der Waals surface area (Å²) in [6.07, 6.45) is 0.524. The van der Waals surface area contributed by atoms with Gasteiger partial charge in [-0.2, -0.15) is 5.10 Å². The number of nitrogens with zero attached hydrogens (tertiary/aromatic N) is 2. The molecule has 1 amide bonds. The van der Waals surface area contributed by atoms with Gasteiger partial charge in [0.2, 0.25) is 5.91 Å². The van der Waals surface area contributed by atoms with E-state index in [2.05, 4.69) is 10.4 Å². The van der Waals surface area contributed by atoms with Gasteiger partial charge in [0.05, 0.1) is 25.6 Å². The summed E-state index contributed by atoms with van der Waals surface area (Å²) in [4.78, 5) is 36.2. The Hall–Kier alpha value is -3.88. The van der Waals surface area contributed by atoms with E-state index in [0.717, 1.165) is 10.2 Å². The van der Waals surface area contributed by atoms with Gasteiger partial charge in [0.15, 0.2) is 11.5 Å². The molecule has 3 rings (SSSR count). The van der Waals surface area contributed by atoms with Gasteiger partial charge in [-0.05, 0) is 30.2 Å². The first-order valence-corrected chi connectivity index (χ1v) is 9.13. The molecular formula is C21H20N3O6-. The number of methoxy groups -OCH3 is 2. The fourth-order valence-corrected chi connectivity index (χ4v) is 3.07. The Morgan fingerprint density at radius 2 is 1.77 bits per heavy atom. The van der Waals surface area contributed by atoms with Crippen molar-refractivity contribution < 1.29 is 24.2 Å². The van der Waals surface area contributed by atoms with Crippen molar-refractivity contribution >= 4 is 22.6 Å². The number of fused-ring (bicyclic) bond motifs is 1. The number of carboxylic acids is 1. The molecule has 30 heavy (non-hydrogen) atoms. The summed E-state index contributed by atoms with van der Waals surface area (Å²) in [7, 11) is 3.09. The van der Waals surface area contributed by atoms with Crippen LogP contribution < -0.4 is 25.5 Å². The number of carbonyl (C=O) groups excluding carboxylic acids is 2. The average molecular weight is 410 g/mol. The minimum Gasteiger partial charge on any atom is -0.543 e. The Morgan fingerprint density at radius 1 is 1.07 bits per heavy atom. The van der Waals surface area contributed by atoms with Crippen molar-refractivity contribution in [3.05, 3.63) is 64.1 Å². The molecule has 2 aromatic carbocycles. The van der Waals surface area contributed by atoms with E-state index in [-0.39, 0.29) is 16.5 Å². The zero-order chi connectivity index (χ0) is 21.7. The number of carbonyl (C=O) groups is 2. The number of aromatic carboxylic acids is 1. The van der Waals surface area contributed by atoms with E-state index in [1.165, 1.54) is 12.1 Å². The number of carboxylic acid groups (broad SMARTS) is 1. The van der Waals surface area contributed by atoms with Crippen LogP contribution in [0, 0.1) is 0 Å². The highest BCUT2D eigenvalue weighted by molar-refractivity contribution is 6.00. The third-order valence-corrected chi connectivity index (χ3v) is 4.54. The summed E-state index contributed by atoms with van der Waals surface area (Å²) in [5, 5.41) is 18.2. The van der Waals surface area contributed by atoms with Crippen LogP contribution >= 0.6 is 0 Å². The molecule has 0 aliphatic heterocycles. The van der Waals surface area contributed by atoms with E-state index in [1.807, 2.05) is 12.1 Å². The van der Waals surface area contributed by atoms with Crippen LogP contribution in [0.4, 0.5) is 0 Å². The first-order chi connectivity index (χ1) is 14.4. The van der Waals surface area contributed by atoms with Crippen molar-refractivity contribution in [3.63, 3.8) is 0 Å². The van der Waals surface area contributed by atoms with Crippen molar-refractivity contribution in [2.45, 2.75) is 13.0 Å². The largest absolute Gasteiger partial charge is 0.543 e. The Labute approximate surface area is 171 Å². The monoisotopic (exact) mass is 410 g/mol. The molecule has 0 aliphatic carbocycles. The molecule has 0 spiro atoms. The van der Waals surface area contributed by atoms with Gasteiger partial charge < -0.3 is 24.7 Å². The van der Waals surface area contributed by atoms with Crippen LogP contribution in [-0.2, 0) is 17.8 Å². The Bertz CT molecular complexity index is 1160. The Morgan fingerprint density at radius 3 is 2.43 bits per heavy atom. The number of ether oxygens (including phenoxy) is 2. The van der Waals surface area contributed by atoms with E-state index in [0.29, 0.717) is 24.5 Å². The van der Waals surface area contributed by atoms with Crippen molar-refractivity contribution in [3.8, 4) is 11.5 Å². The van der Waals surface area contributed by atoms with Gasteiger partial charge >= 0.3 is 0 Å². The summed E-state index contributed by atoms with van der Waals surface area (Å²) < 4.78 is 11.3. The van der Waals surface area contributed by atoms with Crippen LogP contribution in [0.25, 0.3) is 10.8 Å². The zero-order valence-corrected chi connectivity index (χ0v) is 16.5. The summed E-state index contributed by atoms with van der Waals surface area (Å²) in [6, 6.07) is 11.6. The number of amides is 1. The summed E-state index contributed by atoms with van der Waals surface area (Å²) in [6.45, 7) is -0.0973. The van der Waals surface area contributed by atoms with Gasteiger partial charge in [-0.1, -0.05) is 24.3 Å². The molecule has 9 nitrogen and oxygen atoms in total. The number of rotatable bonds is 8. The maximum absolute atomic E-state index is 12.5. The van der Waals surface area contributed by atoms with E-state index < -0.39 is 24.0 Å². The lowest BCUT2D eigenvalue weighted by atomic mass is 10.1. The molecule has 1 aromatic heterocycles. The van der Waals surface area contributed by atoms with E-state index >= 15 is 0 Å². The predicted octanol–water partition coefficient (Wildman–Crippen LogP) is 0.136. The second-order valence-electron chi connectivity index (χ2n) is 6.43. The van der Waals surface area contributed by atoms with Crippen LogP contribution in [0.1, 0.15) is 16.1 Å². The quantitative estimate of drug-likeness (QED) is 0.560. The predicted molar refractivity (Wildman–Crippen MR) is 107 cm³/mol. The van der Waals surface area contributed by atoms with Crippen molar-refractivity contribution in [2.24, 2.45) is 0 Å². The average Bonchev–Trinajstić information content (AvgIpc) is 2.75. The van der Waals surface area contributed by atoms with Crippen LogP contribution in [0.3, 0.4) is 0 Å². The molecular weight excluding hydrogens is 390 g/mol. The van der Waals surface area contributed by atoms with Gasteiger partial charge in [-0.3, -0.25) is 9.59 Å². The smallest absolute Gasteiger partial charge is 0.275 e. The van der Waals surface area contributed by atoms with E-state index in [1.54, 1.807) is 32.4 Å². The third-order valence-electron chi connectivity index (χ3n) is 4.54. The molecule has 3 aromatic rings. The standard InChI is InChI=1S/C21H21N3O6/c1-29-16-8-7-13(11-17(16)30-2)9-10-22-18(25)12-24-20(26)15-6-4-3-5-14(15)19(23-24)21(27)28/h3-8,11H,9-10,12H2,1-2H3,(H,22,25)(H,27,28)/p-1. The second-order valence-corrected chi connectivity index (χ2v) is 6.43. The molecule has 0 bridgehead atoms. The third kappa shape index (κ3) is 4.40. The van der Waals surface area contributed by atoms with Crippen LogP contribution in [0.5, 0.6) is 11.5 Å². The lowest BCUT2D eigenvalue weighted by Gasteiger charge is -2.12. The SMILES string of the molecule is COc1ccc(CCNC(=O)Cn2nc(C(=O)[O-])c3ccccc3c2=O)cc1OC. The maximum atomic E-state index is 12.5. The van der Waals surface area contributed by atoms with E-state index in [9.17, 15) is 19.5 Å². The second kappa shape index (κ2) is 9.08. The normalized spacial score (nSPS) is 10.6. The molecule has 0 saturated carbocycles. The number of nitrogens with one attached hydrogen (secondary N) is 1. The summed E-state index contributed by atoms with van der Waals surface area (Å²) in [5.41, 5.74) is -0.0119. The van der Waals surface area contributed by atoms with Crippen LogP contribution in [0.15, 0.2) is 47.3 Å². The Kier molecular flexibility index (Phi) is 6.31. The Balaban J connectivity index is 1.70. The topological polar surface area (TPSA) is 123 Å². The molecule has 156 valence electrons. The number of hydrogen-bond acceptors (Lipinski definition) is 7. The molecule has 0 saturated heterocycles. The molecule has 0 radical (unpaired) electrons. The number of benzene rings is 2. The highest BCUT2D eigenvalue weighted by Gasteiger charge is 2.13. The lowest BCUT2D eigenvalue weighted by molar-refractivity contribution is -0.255. The molecule has 0 unspecified atom stereocenters. The van der Waals surface area contributed by atoms with Crippen LogP contribution in [0.2, 0.25) is 0 Å². The maximum Gasteiger partial charge on any atom is 0.275 e. The summed E-state index contributed by atoms with van der Waals surface area (Å²) >= 11 is 0. The van der Waals surface area contributed by atoms with Gasteiger partial charge in [0.1, 0.15) is 12.2 Å². The van der Waals surface area contributed by atoms with Crippen LogP contribution in [-0.4, -0.2) is 42.4 Å². The molecule has 1 heterocycles. The van der Waals surface area contributed by atoms with Gasteiger partial charge in [-0.25, -0.2) is 4.68 Å². The highest BCUT2D eigenvalue weighted by atomic mass is 16.5. The molecule has 1 N–H and O–H groups in total. The van der Waals surface area contributed by atoms with E-state index in [4.69, 9.17) is 9.47 Å². The van der Waals surface area contributed by atoms with Gasteiger partial charge in [0.25, 0.3) is 5.56 Å². The highest BCUT2D eigenvalue weighted by Crippen LogP contribution is 2.27. The molecule has 0 aliphatic rings. The number of aromatic nitrogens is 2. The van der Waals surface area contributed by atoms with Gasteiger partial charge in [0, 0.05) is 11.9 Å². The fraction of sp³-hybridized carbons (Fsp3) is 0.238. The fourth-order valence-electron chi connectivity index (χ4n) is 3.07. The minimum absolute atomic E-state index is 0.157. The van der Waals surface area contributed by atoms with Crippen molar-refractivity contribution in [2.75, 3.05) is 20.8 Å².